The summed E-state index contributed by atoms with van der Waals surface area (Å²) in [6.07, 6.45) is 2.16. The van der Waals surface area contributed by atoms with Gasteiger partial charge in [-0.15, -0.1) is 10.2 Å². The van der Waals surface area contributed by atoms with E-state index in [0.29, 0.717) is 29.5 Å². The maximum Gasteiger partial charge on any atom is 0.322 e. The van der Waals surface area contributed by atoms with Gasteiger partial charge in [0.1, 0.15) is 16.8 Å². The number of hydrogen-bond donors (Lipinski definition) is 2. The Morgan fingerprint density at radius 2 is 2.12 bits per heavy atom. The second-order valence-electron chi connectivity index (χ2n) is 5.83. The normalized spacial score (nSPS) is 16.4. The molecular formula is C17H21N5O3S. The molecule has 1 atom stereocenters. The number of amides is 3. The molecule has 0 aliphatic carbocycles. The summed E-state index contributed by atoms with van der Waals surface area (Å²) in [5, 5.41) is 14.9. The Morgan fingerprint density at radius 1 is 1.31 bits per heavy atom. The van der Waals surface area contributed by atoms with E-state index in [1.807, 2.05) is 19.1 Å². The van der Waals surface area contributed by atoms with E-state index in [1.165, 1.54) is 11.3 Å². The number of carbonyl (C=O) groups excluding carboxylic acids is 2. The van der Waals surface area contributed by atoms with Gasteiger partial charge in [-0.05, 0) is 31.4 Å². The number of methoxy groups -OCH3 is 1. The average Bonchev–Trinajstić information content (AvgIpc) is 3.31. The Kier molecular flexibility index (Phi) is 5.67. The van der Waals surface area contributed by atoms with E-state index >= 15 is 0 Å². The zero-order valence-corrected chi connectivity index (χ0v) is 15.5. The van der Waals surface area contributed by atoms with Crippen molar-refractivity contribution >= 4 is 34.1 Å². The molecule has 0 spiro atoms. The number of rotatable bonds is 5. The monoisotopic (exact) mass is 375 g/mol. The van der Waals surface area contributed by atoms with Crippen LogP contribution >= 0.6 is 11.3 Å². The van der Waals surface area contributed by atoms with Crippen LogP contribution in [0.15, 0.2) is 24.3 Å². The van der Waals surface area contributed by atoms with E-state index in [9.17, 15) is 9.59 Å². The molecule has 2 N–H and O–H groups in total. The van der Waals surface area contributed by atoms with E-state index < -0.39 is 6.04 Å². The predicted octanol–water partition coefficient (Wildman–Crippen LogP) is 2.74. The second kappa shape index (κ2) is 8.13. The lowest BCUT2D eigenvalue weighted by Crippen LogP contribution is -2.45. The van der Waals surface area contributed by atoms with Crippen LogP contribution in [0.5, 0.6) is 5.75 Å². The molecule has 1 aliphatic heterocycles. The van der Waals surface area contributed by atoms with Crippen molar-refractivity contribution in [2.24, 2.45) is 0 Å². The third-order valence-corrected chi connectivity index (χ3v) is 5.15. The van der Waals surface area contributed by atoms with Gasteiger partial charge >= 0.3 is 6.03 Å². The molecule has 1 aromatic carbocycles. The van der Waals surface area contributed by atoms with Crippen LogP contribution in [-0.2, 0) is 11.2 Å². The SMILES string of the molecule is CCc1nnc(NC(=O)[C@H]2CCCN2C(=O)Nc2ccccc2OC)s1. The van der Waals surface area contributed by atoms with Gasteiger partial charge in [-0.1, -0.05) is 30.4 Å². The molecule has 0 radical (unpaired) electrons. The van der Waals surface area contributed by atoms with E-state index in [-0.39, 0.29) is 11.9 Å². The van der Waals surface area contributed by atoms with Crippen molar-refractivity contribution in [1.29, 1.82) is 0 Å². The van der Waals surface area contributed by atoms with Gasteiger partial charge in [-0.3, -0.25) is 10.1 Å². The Morgan fingerprint density at radius 3 is 2.85 bits per heavy atom. The summed E-state index contributed by atoms with van der Waals surface area (Å²) in [6.45, 7) is 2.50. The number of hydrogen-bond acceptors (Lipinski definition) is 6. The third kappa shape index (κ3) is 3.93. The quantitative estimate of drug-likeness (QED) is 0.838. The van der Waals surface area contributed by atoms with Gasteiger partial charge in [0.05, 0.1) is 12.8 Å². The lowest BCUT2D eigenvalue weighted by molar-refractivity contribution is -0.119. The Bertz CT molecular complexity index is 794. The smallest absolute Gasteiger partial charge is 0.322 e. The number of aryl methyl sites for hydroxylation is 1. The Labute approximate surface area is 155 Å². The van der Waals surface area contributed by atoms with Crippen LogP contribution in [0.3, 0.4) is 0 Å². The highest BCUT2D eigenvalue weighted by molar-refractivity contribution is 7.15. The minimum atomic E-state index is -0.529. The van der Waals surface area contributed by atoms with Crippen LogP contribution in [0.1, 0.15) is 24.8 Å². The van der Waals surface area contributed by atoms with E-state index in [1.54, 1.807) is 24.1 Å². The zero-order valence-electron chi connectivity index (χ0n) is 14.7. The van der Waals surface area contributed by atoms with Crippen molar-refractivity contribution in [2.75, 3.05) is 24.3 Å². The Balaban J connectivity index is 1.66. The molecule has 1 fully saturated rings. The first-order valence-electron chi connectivity index (χ1n) is 8.46. The lowest BCUT2D eigenvalue weighted by atomic mass is 10.2. The number of nitrogens with zero attached hydrogens (tertiary/aromatic N) is 3. The van der Waals surface area contributed by atoms with Crippen molar-refractivity contribution in [1.82, 2.24) is 15.1 Å². The molecular weight excluding hydrogens is 354 g/mol. The minimum absolute atomic E-state index is 0.239. The average molecular weight is 375 g/mol. The number of carbonyl (C=O) groups is 2. The summed E-state index contributed by atoms with van der Waals surface area (Å²) in [7, 11) is 1.55. The Hall–Kier alpha value is -2.68. The van der Waals surface area contributed by atoms with Crippen LogP contribution in [0.25, 0.3) is 0 Å². The number of likely N-dealkylation sites (tertiary alicyclic amines) is 1. The van der Waals surface area contributed by atoms with E-state index in [0.717, 1.165) is 17.8 Å². The van der Waals surface area contributed by atoms with Crippen LogP contribution in [-0.4, -0.2) is 46.7 Å². The summed E-state index contributed by atoms with van der Waals surface area (Å²) in [6, 6.07) is 6.32. The fourth-order valence-electron chi connectivity index (χ4n) is 2.85. The molecule has 2 aromatic rings. The van der Waals surface area contributed by atoms with E-state index in [2.05, 4.69) is 20.8 Å². The highest BCUT2D eigenvalue weighted by Crippen LogP contribution is 2.26. The first-order chi connectivity index (χ1) is 12.6. The first-order valence-corrected chi connectivity index (χ1v) is 9.28. The van der Waals surface area contributed by atoms with Crippen molar-refractivity contribution in [3.8, 4) is 5.75 Å². The van der Waals surface area contributed by atoms with Crippen LogP contribution < -0.4 is 15.4 Å². The summed E-state index contributed by atoms with van der Waals surface area (Å²) in [5.41, 5.74) is 0.572. The molecule has 1 aliphatic rings. The molecule has 0 saturated carbocycles. The van der Waals surface area contributed by atoms with E-state index in [4.69, 9.17) is 4.74 Å². The molecule has 3 amide bonds. The number of anilines is 2. The lowest BCUT2D eigenvalue weighted by Gasteiger charge is -2.24. The van der Waals surface area contributed by atoms with Gasteiger partial charge in [0.15, 0.2) is 0 Å². The minimum Gasteiger partial charge on any atom is -0.495 e. The van der Waals surface area contributed by atoms with Gasteiger partial charge in [0, 0.05) is 6.54 Å². The van der Waals surface area contributed by atoms with Crippen molar-refractivity contribution in [3.63, 3.8) is 0 Å². The molecule has 1 saturated heterocycles. The largest absolute Gasteiger partial charge is 0.495 e. The van der Waals surface area contributed by atoms with Gasteiger partial charge in [-0.25, -0.2) is 4.79 Å². The van der Waals surface area contributed by atoms with Crippen molar-refractivity contribution in [2.45, 2.75) is 32.2 Å². The van der Waals surface area contributed by atoms with Gasteiger partial charge in [0.2, 0.25) is 11.0 Å². The van der Waals surface area contributed by atoms with Gasteiger partial charge in [0.25, 0.3) is 0 Å². The highest BCUT2D eigenvalue weighted by Gasteiger charge is 2.34. The second-order valence-corrected chi connectivity index (χ2v) is 6.89. The molecule has 26 heavy (non-hydrogen) atoms. The topological polar surface area (TPSA) is 96.5 Å². The molecule has 138 valence electrons. The molecule has 9 heteroatoms. The molecule has 0 unspecified atom stereocenters. The maximum atomic E-state index is 12.7. The molecule has 1 aromatic heterocycles. The summed E-state index contributed by atoms with van der Waals surface area (Å²) in [5.74, 6) is 0.332. The number of urea groups is 1. The number of ether oxygens (including phenoxy) is 1. The standard InChI is InChI=1S/C17H21N5O3S/c1-3-14-20-21-16(26-14)19-15(23)12-8-6-10-22(12)17(24)18-11-7-4-5-9-13(11)25-2/h4-5,7,9,12H,3,6,8,10H2,1-2H3,(H,18,24)(H,19,21,23)/t12-/m1/s1. The highest BCUT2D eigenvalue weighted by atomic mass is 32.1. The maximum absolute atomic E-state index is 12.7. The van der Waals surface area contributed by atoms with Gasteiger partial charge < -0.3 is 15.0 Å². The first kappa shape index (κ1) is 18.1. The van der Waals surface area contributed by atoms with Crippen molar-refractivity contribution in [3.05, 3.63) is 29.3 Å². The summed E-state index contributed by atoms with van der Waals surface area (Å²) < 4.78 is 5.25. The molecule has 2 heterocycles. The zero-order chi connectivity index (χ0) is 18.5. The summed E-state index contributed by atoms with van der Waals surface area (Å²) in [4.78, 5) is 26.8. The third-order valence-electron chi connectivity index (χ3n) is 4.16. The number of nitrogens with one attached hydrogen (secondary N) is 2. The van der Waals surface area contributed by atoms with Crippen LogP contribution in [0, 0.1) is 0 Å². The molecule has 0 bridgehead atoms. The molecule has 8 nitrogen and oxygen atoms in total. The van der Waals surface area contributed by atoms with Crippen LogP contribution in [0.4, 0.5) is 15.6 Å². The molecule has 3 rings (SSSR count). The van der Waals surface area contributed by atoms with Crippen molar-refractivity contribution < 1.29 is 14.3 Å². The number of benzene rings is 1. The van der Waals surface area contributed by atoms with Gasteiger partial charge in [-0.2, -0.15) is 0 Å². The number of para-hydroxylation sites is 2. The number of aromatic nitrogens is 2. The fourth-order valence-corrected chi connectivity index (χ4v) is 3.54. The van der Waals surface area contributed by atoms with Crippen LogP contribution in [0.2, 0.25) is 0 Å². The predicted molar refractivity (Wildman–Crippen MR) is 99.7 cm³/mol. The summed E-state index contributed by atoms with van der Waals surface area (Å²) >= 11 is 1.35. The fraction of sp³-hybridized carbons (Fsp3) is 0.412.